The van der Waals surface area contributed by atoms with Gasteiger partial charge in [-0.1, -0.05) is 98.0 Å². The molecule has 0 bridgehead atoms. The number of carbonyl (C=O) groups excluding carboxylic acids is 2. The molecule has 0 aromatic heterocycles. The van der Waals surface area contributed by atoms with Crippen LogP contribution in [-0.2, 0) is 33.0 Å². The largest absolute Gasteiger partial charge is 0.497 e. The molecule has 1 fully saturated rings. The number of rotatable bonds is 12. The summed E-state index contributed by atoms with van der Waals surface area (Å²) < 4.78 is 12.5. The third kappa shape index (κ3) is 6.32. The number of nitrogens with zero attached hydrogens (tertiary/aromatic N) is 3. The average molecular weight is 694 g/mol. The molecule has 10 nitrogen and oxygen atoms in total. The van der Waals surface area contributed by atoms with E-state index in [4.69, 9.17) is 9.47 Å². The third-order valence-electron chi connectivity index (χ3n) is 10.5. The molecule has 1 spiro atoms. The van der Waals surface area contributed by atoms with Crippen LogP contribution in [0.3, 0.4) is 0 Å². The maximum Gasteiger partial charge on any atom is 0.269 e. The van der Waals surface area contributed by atoms with Crippen molar-refractivity contribution in [2.24, 2.45) is 5.92 Å². The van der Waals surface area contributed by atoms with E-state index < -0.39 is 30.6 Å². The monoisotopic (exact) mass is 693 g/mol. The van der Waals surface area contributed by atoms with E-state index in [9.17, 15) is 24.8 Å². The molecule has 260 valence electrons. The zero-order valence-corrected chi connectivity index (χ0v) is 29.8. The number of benzene rings is 4. The van der Waals surface area contributed by atoms with Gasteiger partial charge in [-0.2, -0.15) is 0 Å². The lowest BCUT2D eigenvalue weighted by molar-refractivity contribution is -0.385. The van der Waals surface area contributed by atoms with Crippen LogP contribution in [0.4, 0.5) is 11.4 Å². The van der Waals surface area contributed by atoms with Gasteiger partial charge in [-0.05, 0) is 34.9 Å². The minimum absolute atomic E-state index is 0.0214. The first-order valence-electron chi connectivity index (χ1n) is 16.9. The number of ether oxygens (including phenoxy) is 2. The summed E-state index contributed by atoms with van der Waals surface area (Å²) >= 11 is 0. The van der Waals surface area contributed by atoms with Crippen molar-refractivity contribution < 1.29 is 29.1 Å². The maximum atomic E-state index is 15.0. The Morgan fingerprint density at radius 1 is 1.00 bits per heavy atom. The first kappa shape index (κ1) is 35.0. The van der Waals surface area contributed by atoms with Gasteiger partial charge in [-0.3, -0.25) is 19.7 Å². The predicted molar refractivity (Wildman–Crippen MR) is 194 cm³/mol. The van der Waals surface area contributed by atoms with Crippen LogP contribution in [-0.4, -0.2) is 61.2 Å². The highest BCUT2D eigenvalue weighted by Gasteiger charge is 2.66. The van der Waals surface area contributed by atoms with Crippen molar-refractivity contribution in [3.8, 4) is 5.75 Å². The summed E-state index contributed by atoms with van der Waals surface area (Å²) in [6, 6.07) is 31.7. The van der Waals surface area contributed by atoms with Crippen LogP contribution < -0.4 is 14.8 Å². The molecule has 4 aromatic rings. The fraction of sp³-hybridized carbons (Fsp3) is 0.333. The van der Waals surface area contributed by atoms with Crippen molar-refractivity contribution in [3.05, 3.63) is 130 Å². The van der Waals surface area contributed by atoms with Gasteiger partial charge in [-0.15, -0.1) is 0 Å². The van der Waals surface area contributed by atoms with Crippen LogP contribution in [0.1, 0.15) is 30.0 Å². The number of anilines is 1. The standard InChI is InChI=1S/C39H43N3O7Si/c1-27-37(50(3,4)32-18-16-31(48-2)17-19-32)35(24-36(44)40(21-22-43)25-28-11-7-5-8-12-28)49-39(27)33-23-30(42(46)47)15-20-34(33)41(38(39)45)26-29-13-9-6-10-14-29/h5-20,23,27,35,37,43H,21-22,24-26H2,1-4H3/t27-,35+,37-,39+/m1/s1. The fourth-order valence-corrected chi connectivity index (χ4v) is 12.1. The number of non-ortho nitro benzene ring substituents is 1. The minimum Gasteiger partial charge on any atom is -0.497 e. The van der Waals surface area contributed by atoms with Gasteiger partial charge in [0.2, 0.25) is 5.91 Å². The summed E-state index contributed by atoms with van der Waals surface area (Å²) in [4.78, 5) is 44.1. The second-order valence-electron chi connectivity index (χ2n) is 13.7. The SMILES string of the molecule is COc1ccc([Si](C)(C)[C@H]2[C@H](CC(=O)N(CCO)Cc3ccccc3)O[C@@]3(C(=O)N(Cc4ccccc4)c4ccc([N+](=O)[O-])cc43)[C@@H]2C)cc1. The van der Waals surface area contributed by atoms with E-state index in [2.05, 4.69) is 13.1 Å². The first-order valence-corrected chi connectivity index (χ1v) is 20.0. The van der Waals surface area contributed by atoms with E-state index in [1.165, 1.54) is 12.1 Å². The van der Waals surface area contributed by atoms with Gasteiger partial charge in [0, 0.05) is 36.7 Å². The van der Waals surface area contributed by atoms with E-state index in [1.54, 1.807) is 23.0 Å². The van der Waals surface area contributed by atoms with E-state index in [-0.39, 0.29) is 49.2 Å². The van der Waals surface area contributed by atoms with Crippen molar-refractivity contribution in [1.82, 2.24) is 4.90 Å². The Labute approximate surface area is 293 Å². The number of nitro groups is 1. The normalized spacial score (nSPS) is 21.3. The molecule has 6 rings (SSSR count). The van der Waals surface area contributed by atoms with E-state index in [1.807, 2.05) is 91.9 Å². The smallest absolute Gasteiger partial charge is 0.269 e. The number of nitro benzene ring substituents is 1. The molecular weight excluding hydrogens is 651 g/mol. The van der Waals surface area contributed by atoms with Gasteiger partial charge in [0.15, 0.2) is 5.60 Å². The third-order valence-corrected chi connectivity index (χ3v) is 14.9. The second-order valence-corrected chi connectivity index (χ2v) is 18.4. The van der Waals surface area contributed by atoms with Gasteiger partial charge in [0.1, 0.15) is 5.75 Å². The highest BCUT2D eigenvalue weighted by Crippen LogP contribution is 2.60. The quantitative estimate of drug-likeness (QED) is 0.114. The number of amides is 2. The molecule has 0 aliphatic carbocycles. The molecule has 4 aromatic carbocycles. The number of aliphatic hydroxyl groups excluding tert-OH is 1. The van der Waals surface area contributed by atoms with Crippen LogP contribution >= 0.6 is 0 Å². The maximum absolute atomic E-state index is 15.0. The topological polar surface area (TPSA) is 122 Å². The van der Waals surface area contributed by atoms with Crippen molar-refractivity contribution in [2.75, 3.05) is 25.2 Å². The van der Waals surface area contributed by atoms with E-state index >= 15 is 0 Å². The summed E-state index contributed by atoms with van der Waals surface area (Å²) in [5.74, 6) is -0.215. The first-order chi connectivity index (χ1) is 24.0. The summed E-state index contributed by atoms with van der Waals surface area (Å²) in [5.41, 5.74) is 0.926. The molecule has 0 saturated carbocycles. The van der Waals surface area contributed by atoms with Gasteiger partial charge in [-0.25, -0.2) is 0 Å². The van der Waals surface area contributed by atoms with Crippen molar-refractivity contribution >= 4 is 36.4 Å². The minimum atomic E-state index is -2.58. The lowest BCUT2D eigenvalue weighted by Crippen LogP contribution is -2.52. The van der Waals surface area contributed by atoms with Crippen molar-refractivity contribution in [1.29, 1.82) is 0 Å². The molecule has 4 atom stereocenters. The van der Waals surface area contributed by atoms with Gasteiger partial charge >= 0.3 is 0 Å². The molecule has 1 N–H and O–H groups in total. The summed E-state index contributed by atoms with van der Waals surface area (Å²) in [5, 5.41) is 23.1. The molecule has 11 heteroatoms. The Balaban J connectivity index is 1.46. The van der Waals surface area contributed by atoms with Crippen LogP contribution in [0.25, 0.3) is 0 Å². The zero-order valence-electron chi connectivity index (χ0n) is 28.8. The van der Waals surface area contributed by atoms with Crippen LogP contribution in [0.2, 0.25) is 18.6 Å². The molecule has 50 heavy (non-hydrogen) atoms. The molecule has 1 saturated heterocycles. The van der Waals surface area contributed by atoms with E-state index in [0.717, 1.165) is 22.1 Å². The van der Waals surface area contributed by atoms with E-state index in [0.29, 0.717) is 17.8 Å². The predicted octanol–water partition coefficient (Wildman–Crippen LogP) is 5.78. The number of fused-ring (bicyclic) bond motifs is 2. The average Bonchev–Trinajstić information content (AvgIpc) is 3.54. The van der Waals surface area contributed by atoms with Gasteiger partial charge < -0.3 is 24.4 Å². The lowest BCUT2D eigenvalue weighted by Gasteiger charge is -2.37. The fourth-order valence-electron chi connectivity index (χ4n) is 8.06. The molecule has 0 unspecified atom stereocenters. The van der Waals surface area contributed by atoms with Gasteiger partial charge in [0.25, 0.3) is 11.6 Å². The second kappa shape index (κ2) is 14.2. The molecule has 2 aliphatic rings. The van der Waals surface area contributed by atoms with Crippen LogP contribution in [0.5, 0.6) is 5.75 Å². The highest BCUT2D eigenvalue weighted by atomic mass is 28.3. The lowest BCUT2D eigenvalue weighted by atomic mass is 9.82. The molecule has 2 heterocycles. The van der Waals surface area contributed by atoms with Gasteiger partial charge in [0.05, 0.1) is 51.5 Å². The summed E-state index contributed by atoms with van der Waals surface area (Å²) in [7, 11) is -0.966. The Bertz CT molecular complexity index is 1850. The molecular formula is C39H43N3O7Si. The number of carbonyl (C=O) groups is 2. The number of hydrogen-bond acceptors (Lipinski definition) is 7. The summed E-state index contributed by atoms with van der Waals surface area (Å²) in [6.07, 6.45) is -0.710. The highest BCUT2D eigenvalue weighted by molar-refractivity contribution is 6.91. The zero-order chi connectivity index (χ0) is 35.6. The Hall–Kier alpha value is -4.84. The molecule has 2 aliphatic heterocycles. The van der Waals surface area contributed by atoms with Crippen LogP contribution in [0.15, 0.2) is 103 Å². The number of aliphatic hydroxyl groups is 1. The Morgan fingerprint density at radius 2 is 1.64 bits per heavy atom. The summed E-state index contributed by atoms with van der Waals surface area (Å²) in [6.45, 7) is 6.96. The molecule has 0 radical (unpaired) electrons. The number of hydrogen-bond donors (Lipinski definition) is 1. The van der Waals surface area contributed by atoms with Crippen molar-refractivity contribution in [3.63, 3.8) is 0 Å². The molecule has 2 amide bonds. The number of methoxy groups -OCH3 is 1. The Morgan fingerprint density at radius 3 is 2.24 bits per heavy atom. The van der Waals surface area contributed by atoms with Crippen molar-refractivity contribution in [2.45, 2.75) is 56.8 Å². The van der Waals surface area contributed by atoms with Crippen LogP contribution in [0, 0.1) is 16.0 Å². The Kier molecular flexibility index (Phi) is 9.93.